The van der Waals surface area contributed by atoms with E-state index < -0.39 is 0 Å². The maximum absolute atomic E-state index is 12.5. The molecule has 1 heterocycles. The minimum atomic E-state index is -0.0283. The zero-order valence-corrected chi connectivity index (χ0v) is 14.8. The van der Waals surface area contributed by atoms with Gasteiger partial charge in [0.1, 0.15) is 0 Å². The van der Waals surface area contributed by atoms with E-state index >= 15 is 0 Å². The van der Waals surface area contributed by atoms with Crippen LogP contribution >= 0.6 is 11.6 Å². The number of carbonyl (C=O) groups excluding carboxylic acids is 1. The van der Waals surface area contributed by atoms with Crippen LogP contribution in [0.2, 0.25) is 5.02 Å². The molecular weight excluding hydrogens is 322 g/mol. The quantitative estimate of drug-likeness (QED) is 0.881. The molecule has 2 aromatic carbocycles. The molecule has 126 valence electrons. The minimum absolute atomic E-state index is 0.0283. The monoisotopic (exact) mass is 343 g/mol. The van der Waals surface area contributed by atoms with E-state index in [2.05, 4.69) is 23.2 Å². The molecule has 1 fully saturated rings. The van der Waals surface area contributed by atoms with Crippen LogP contribution in [-0.2, 0) is 0 Å². The van der Waals surface area contributed by atoms with Gasteiger partial charge in [-0.3, -0.25) is 0 Å². The van der Waals surface area contributed by atoms with Crippen molar-refractivity contribution in [2.75, 3.05) is 36.4 Å². The zero-order valence-electron chi connectivity index (χ0n) is 14.1. The Hall–Kier alpha value is -2.20. The van der Waals surface area contributed by atoms with Gasteiger partial charge in [-0.15, -0.1) is 0 Å². The van der Waals surface area contributed by atoms with Crippen LogP contribution in [0.1, 0.15) is 11.1 Å². The van der Waals surface area contributed by atoms with Crippen LogP contribution in [-0.4, -0.2) is 37.1 Å². The van der Waals surface area contributed by atoms with E-state index in [-0.39, 0.29) is 6.03 Å². The van der Waals surface area contributed by atoms with Crippen molar-refractivity contribution in [3.63, 3.8) is 0 Å². The third-order valence-electron chi connectivity index (χ3n) is 4.60. The fraction of sp³-hybridized carbons (Fsp3) is 0.316. The van der Waals surface area contributed by atoms with E-state index in [0.717, 1.165) is 35.1 Å². The predicted octanol–water partition coefficient (Wildman–Crippen LogP) is 4.31. The highest BCUT2D eigenvalue weighted by molar-refractivity contribution is 6.30. The third-order valence-corrected chi connectivity index (χ3v) is 4.86. The van der Waals surface area contributed by atoms with Gasteiger partial charge in [-0.2, -0.15) is 0 Å². The lowest BCUT2D eigenvalue weighted by molar-refractivity contribution is 0.208. The van der Waals surface area contributed by atoms with E-state index in [0.29, 0.717) is 13.1 Å². The molecule has 2 amide bonds. The number of carbonyl (C=O) groups is 1. The summed E-state index contributed by atoms with van der Waals surface area (Å²) in [6.45, 7) is 7.14. The van der Waals surface area contributed by atoms with Crippen molar-refractivity contribution in [3.05, 3.63) is 58.6 Å². The number of piperazine rings is 1. The highest BCUT2D eigenvalue weighted by atomic mass is 35.5. The molecule has 0 radical (unpaired) electrons. The van der Waals surface area contributed by atoms with Gasteiger partial charge in [0.2, 0.25) is 0 Å². The van der Waals surface area contributed by atoms with Gasteiger partial charge in [-0.05, 0) is 55.3 Å². The van der Waals surface area contributed by atoms with Gasteiger partial charge in [0.05, 0.1) is 0 Å². The van der Waals surface area contributed by atoms with Crippen LogP contribution in [0.15, 0.2) is 42.5 Å². The maximum atomic E-state index is 12.5. The number of nitrogens with one attached hydrogen (secondary N) is 1. The molecule has 5 heteroatoms. The van der Waals surface area contributed by atoms with Crippen molar-refractivity contribution in [1.82, 2.24) is 4.90 Å². The summed E-state index contributed by atoms with van der Waals surface area (Å²) in [6.07, 6.45) is 0. The molecule has 0 bridgehead atoms. The Kier molecular flexibility index (Phi) is 4.95. The molecule has 3 rings (SSSR count). The second kappa shape index (κ2) is 7.14. The standard InChI is InChI=1S/C19H22ClN3O/c1-14-4-3-5-18(15(14)2)21-19(24)23-12-10-22(11-13-23)17-8-6-16(20)7-9-17/h3-9H,10-13H2,1-2H3,(H,21,24). The van der Waals surface area contributed by atoms with E-state index in [1.807, 2.05) is 48.2 Å². The second-order valence-corrected chi connectivity index (χ2v) is 6.56. The Morgan fingerprint density at radius 2 is 1.67 bits per heavy atom. The first-order chi connectivity index (χ1) is 11.5. The van der Waals surface area contributed by atoms with Crippen molar-refractivity contribution in [2.45, 2.75) is 13.8 Å². The molecule has 24 heavy (non-hydrogen) atoms. The van der Waals surface area contributed by atoms with E-state index in [1.165, 1.54) is 5.56 Å². The van der Waals surface area contributed by atoms with Gasteiger partial charge in [0.15, 0.2) is 0 Å². The number of amides is 2. The smallest absolute Gasteiger partial charge is 0.321 e. The molecule has 2 aromatic rings. The Balaban J connectivity index is 1.59. The summed E-state index contributed by atoms with van der Waals surface area (Å²) in [6, 6.07) is 13.8. The van der Waals surface area contributed by atoms with Crippen LogP contribution < -0.4 is 10.2 Å². The molecule has 1 N–H and O–H groups in total. The zero-order chi connectivity index (χ0) is 17.1. The molecule has 4 nitrogen and oxygen atoms in total. The molecule has 1 saturated heterocycles. The lowest BCUT2D eigenvalue weighted by atomic mass is 10.1. The Bertz CT molecular complexity index is 722. The lowest BCUT2D eigenvalue weighted by Gasteiger charge is -2.36. The summed E-state index contributed by atoms with van der Waals surface area (Å²) in [5.74, 6) is 0. The number of nitrogens with zero attached hydrogens (tertiary/aromatic N) is 2. The summed E-state index contributed by atoms with van der Waals surface area (Å²) in [5.41, 5.74) is 4.33. The van der Waals surface area contributed by atoms with Crippen LogP contribution in [0.5, 0.6) is 0 Å². The summed E-state index contributed by atoms with van der Waals surface area (Å²) < 4.78 is 0. The average molecular weight is 344 g/mol. The molecule has 1 aliphatic heterocycles. The van der Waals surface area contributed by atoms with Crippen molar-refractivity contribution in [3.8, 4) is 0 Å². The molecular formula is C19H22ClN3O. The summed E-state index contributed by atoms with van der Waals surface area (Å²) >= 11 is 5.94. The van der Waals surface area contributed by atoms with Gasteiger partial charge in [0, 0.05) is 42.6 Å². The Morgan fingerprint density at radius 3 is 2.33 bits per heavy atom. The highest BCUT2D eigenvalue weighted by Gasteiger charge is 2.21. The number of hydrogen-bond donors (Lipinski definition) is 1. The van der Waals surface area contributed by atoms with Crippen molar-refractivity contribution < 1.29 is 4.79 Å². The van der Waals surface area contributed by atoms with Crippen molar-refractivity contribution in [1.29, 1.82) is 0 Å². The van der Waals surface area contributed by atoms with E-state index in [9.17, 15) is 4.79 Å². The van der Waals surface area contributed by atoms with Crippen molar-refractivity contribution in [2.24, 2.45) is 0 Å². The lowest BCUT2D eigenvalue weighted by Crippen LogP contribution is -2.50. The maximum Gasteiger partial charge on any atom is 0.321 e. The first-order valence-electron chi connectivity index (χ1n) is 8.17. The highest BCUT2D eigenvalue weighted by Crippen LogP contribution is 2.21. The molecule has 0 aromatic heterocycles. The van der Waals surface area contributed by atoms with E-state index in [4.69, 9.17) is 11.6 Å². The Morgan fingerprint density at radius 1 is 1.00 bits per heavy atom. The SMILES string of the molecule is Cc1cccc(NC(=O)N2CCN(c3ccc(Cl)cc3)CC2)c1C. The van der Waals surface area contributed by atoms with Crippen LogP contribution in [0, 0.1) is 13.8 Å². The number of anilines is 2. The Labute approximate surface area is 148 Å². The molecule has 0 saturated carbocycles. The number of benzene rings is 2. The second-order valence-electron chi connectivity index (χ2n) is 6.13. The van der Waals surface area contributed by atoms with E-state index in [1.54, 1.807) is 0 Å². The summed E-state index contributed by atoms with van der Waals surface area (Å²) in [7, 11) is 0. The molecule has 1 aliphatic rings. The predicted molar refractivity (Wildman–Crippen MR) is 100 cm³/mol. The molecule has 0 unspecified atom stereocenters. The summed E-state index contributed by atoms with van der Waals surface area (Å²) in [4.78, 5) is 16.6. The molecule has 0 aliphatic carbocycles. The van der Waals surface area contributed by atoms with Crippen LogP contribution in [0.25, 0.3) is 0 Å². The summed E-state index contributed by atoms with van der Waals surface area (Å²) in [5, 5.41) is 3.77. The normalized spacial score (nSPS) is 14.6. The minimum Gasteiger partial charge on any atom is -0.368 e. The third kappa shape index (κ3) is 3.65. The van der Waals surface area contributed by atoms with Crippen LogP contribution in [0.4, 0.5) is 16.2 Å². The number of hydrogen-bond acceptors (Lipinski definition) is 2. The van der Waals surface area contributed by atoms with Gasteiger partial charge in [0.25, 0.3) is 0 Å². The van der Waals surface area contributed by atoms with Gasteiger partial charge < -0.3 is 15.1 Å². The van der Waals surface area contributed by atoms with Gasteiger partial charge in [-0.1, -0.05) is 23.7 Å². The van der Waals surface area contributed by atoms with Crippen molar-refractivity contribution >= 4 is 29.0 Å². The first kappa shape index (κ1) is 16.7. The largest absolute Gasteiger partial charge is 0.368 e. The van der Waals surface area contributed by atoms with Gasteiger partial charge >= 0.3 is 6.03 Å². The topological polar surface area (TPSA) is 35.6 Å². The first-order valence-corrected chi connectivity index (χ1v) is 8.55. The number of halogens is 1. The van der Waals surface area contributed by atoms with Gasteiger partial charge in [-0.25, -0.2) is 4.79 Å². The number of rotatable bonds is 2. The fourth-order valence-corrected chi connectivity index (χ4v) is 3.03. The molecule has 0 atom stereocenters. The number of aryl methyl sites for hydroxylation is 1. The van der Waals surface area contributed by atoms with Crippen LogP contribution in [0.3, 0.4) is 0 Å². The molecule has 0 spiro atoms. The average Bonchev–Trinajstić information content (AvgIpc) is 2.60. The fourth-order valence-electron chi connectivity index (χ4n) is 2.90. The number of urea groups is 1.